The number of methoxy groups -OCH3 is 2. The number of nitrogens with zero attached hydrogens (tertiary/aromatic N) is 2. The molecular weight excluding hydrogens is 240 g/mol. The molecule has 0 amide bonds. The molecule has 1 heterocycles. The molecule has 0 bridgehead atoms. The molecule has 0 atom stereocenters. The Labute approximate surface area is 104 Å². The zero-order valence-electron chi connectivity index (χ0n) is 9.48. The third-order valence-electron chi connectivity index (χ3n) is 2.28. The van der Waals surface area contributed by atoms with Gasteiger partial charge in [-0.15, -0.1) is 10.2 Å². The quantitative estimate of drug-likeness (QED) is 0.840. The summed E-state index contributed by atoms with van der Waals surface area (Å²) in [7, 11) is 3.12. The van der Waals surface area contributed by atoms with Crippen molar-refractivity contribution in [2.45, 2.75) is 0 Å². The molecule has 0 unspecified atom stereocenters. The van der Waals surface area contributed by atoms with Crippen molar-refractivity contribution in [3.05, 3.63) is 35.4 Å². The van der Waals surface area contributed by atoms with Gasteiger partial charge in [0.15, 0.2) is 0 Å². The Morgan fingerprint density at radius 2 is 1.88 bits per heavy atom. The minimum atomic E-state index is 0.318. The molecule has 2 aromatic rings. The molecule has 2 rings (SSSR count). The second-order valence-corrected chi connectivity index (χ2v) is 3.73. The number of hydrogen-bond acceptors (Lipinski definition) is 4. The van der Waals surface area contributed by atoms with Crippen LogP contribution in [0.2, 0.25) is 5.02 Å². The predicted octanol–water partition coefficient (Wildman–Crippen LogP) is 2.81. The summed E-state index contributed by atoms with van der Waals surface area (Å²) >= 11 is 5.99. The van der Waals surface area contributed by atoms with E-state index in [0.717, 1.165) is 11.3 Å². The minimum absolute atomic E-state index is 0.318. The van der Waals surface area contributed by atoms with Crippen LogP contribution in [0, 0.1) is 0 Å². The van der Waals surface area contributed by atoms with E-state index in [9.17, 15) is 0 Å². The van der Waals surface area contributed by atoms with Crippen molar-refractivity contribution in [2.24, 2.45) is 0 Å². The van der Waals surface area contributed by atoms with Crippen LogP contribution in [-0.2, 0) is 0 Å². The SMILES string of the molecule is COc1cccc(-c2cc(Cl)c(OC)nn2)c1. The molecule has 1 aromatic carbocycles. The molecule has 0 fully saturated rings. The van der Waals surface area contributed by atoms with Gasteiger partial charge in [0.2, 0.25) is 0 Å². The van der Waals surface area contributed by atoms with Gasteiger partial charge in [-0.2, -0.15) is 0 Å². The fraction of sp³-hybridized carbons (Fsp3) is 0.167. The molecule has 0 saturated heterocycles. The number of benzene rings is 1. The van der Waals surface area contributed by atoms with E-state index in [1.807, 2.05) is 24.3 Å². The van der Waals surface area contributed by atoms with Gasteiger partial charge in [0, 0.05) is 5.56 Å². The lowest BCUT2D eigenvalue weighted by atomic mass is 10.1. The number of hydrogen-bond donors (Lipinski definition) is 0. The van der Waals surface area contributed by atoms with Gasteiger partial charge in [-0.05, 0) is 18.2 Å². The molecule has 0 spiro atoms. The zero-order valence-corrected chi connectivity index (χ0v) is 10.2. The topological polar surface area (TPSA) is 44.2 Å². The highest BCUT2D eigenvalue weighted by Gasteiger charge is 2.07. The van der Waals surface area contributed by atoms with Crippen LogP contribution in [0.15, 0.2) is 30.3 Å². The van der Waals surface area contributed by atoms with E-state index in [1.165, 1.54) is 7.11 Å². The maximum atomic E-state index is 5.99. The number of halogens is 1. The first-order valence-electron chi connectivity index (χ1n) is 4.96. The van der Waals surface area contributed by atoms with Gasteiger partial charge < -0.3 is 9.47 Å². The second kappa shape index (κ2) is 5.01. The number of ether oxygens (including phenoxy) is 2. The lowest BCUT2D eigenvalue weighted by molar-refractivity contribution is 0.392. The van der Waals surface area contributed by atoms with Crippen LogP contribution in [0.25, 0.3) is 11.3 Å². The average molecular weight is 251 g/mol. The normalized spacial score (nSPS) is 10.1. The van der Waals surface area contributed by atoms with Gasteiger partial charge >= 0.3 is 0 Å². The first-order valence-corrected chi connectivity index (χ1v) is 5.34. The van der Waals surface area contributed by atoms with E-state index >= 15 is 0 Å². The predicted molar refractivity (Wildman–Crippen MR) is 65.6 cm³/mol. The van der Waals surface area contributed by atoms with E-state index in [4.69, 9.17) is 21.1 Å². The van der Waals surface area contributed by atoms with Crippen molar-refractivity contribution in [2.75, 3.05) is 14.2 Å². The van der Waals surface area contributed by atoms with Gasteiger partial charge in [0.05, 0.1) is 19.9 Å². The summed E-state index contributed by atoms with van der Waals surface area (Å²) in [5, 5.41) is 8.36. The smallest absolute Gasteiger partial charge is 0.252 e. The third-order valence-corrected chi connectivity index (χ3v) is 2.55. The molecule has 0 saturated carbocycles. The fourth-order valence-corrected chi connectivity index (χ4v) is 1.64. The van der Waals surface area contributed by atoms with E-state index in [2.05, 4.69) is 10.2 Å². The zero-order chi connectivity index (χ0) is 12.3. The maximum absolute atomic E-state index is 5.99. The highest BCUT2D eigenvalue weighted by atomic mass is 35.5. The summed E-state index contributed by atoms with van der Waals surface area (Å²) in [6.07, 6.45) is 0. The summed E-state index contributed by atoms with van der Waals surface area (Å²) < 4.78 is 10.1. The molecule has 0 aliphatic carbocycles. The number of rotatable bonds is 3. The first kappa shape index (κ1) is 11.7. The lowest BCUT2D eigenvalue weighted by Crippen LogP contribution is -1.94. The van der Waals surface area contributed by atoms with Crippen LogP contribution in [-0.4, -0.2) is 24.4 Å². The Bertz CT molecular complexity index is 532. The molecule has 0 N–H and O–H groups in total. The summed E-state index contributed by atoms with van der Waals surface area (Å²) in [6.45, 7) is 0. The molecule has 0 radical (unpaired) electrons. The Morgan fingerprint density at radius 1 is 1.06 bits per heavy atom. The first-order chi connectivity index (χ1) is 8.24. The van der Waals surface area contributed by atoms with Gasteiger partial charge in [-0.3, -0.25) is 0 Å². The van der Waals surface area contributed by atoms with Crippen molar-refractivity contribution in [1.82, 2.24) is 10.2 Å². The van der Waals surface area contributed by atoms with Crippen LogP contribution < -0.4 is 9.47 Å². The molecule has 17 heavy (non-hydrogen) atoms. The van der Waals surface area contributed by atoms with Crippen LogP contribution in [0.1, 0.15) is 0 Å². The summed E-state index contributed by atoms with van der Waals surface area (Å²) in [5.41, 5.74) is 1.57. The summed E-state index contributed by atoms with van der Waals surface area (Å²) in [4.78, 5) is 0. The summed E-state index contributed by atoms with van der Waals surface area (Å²) in [5.74, 6) is 1.08. The van der Waals surface area contributed by atoms with E-state index in [-0.39, 0.29) is 0 Å². The van der Waals surface area contributed by atoms with Crippen molar-refractivity contribution < 1.29 is 9.47 Å². The molecule has 4 nitrogen and oxygen atoms in total. The monoisotopic (exact) mass is 250 g/mol. The molecular formula is C12H11ClN2O2. The van der Waals surface area contributed by atoms with Gasteiger partial charge in [0.25, 0.3) is 5.88 Å². The molecule has 0 aliphatic heterocycles. The molecule has 5 heteroatoms. The Kier molecular flexibility index (Phi) is 3.44. The second-order valence-electron chi connectivity index (χ2n) is 3.32. The van der Waals surface area contributed by atoms with Gasteiger partial charge in [-0.25, -0.2) is 0 Å². The van der Waals surface area contributed by atoms with Crippen molar-refractivity contribution in [1.29, 1.82) is 0 Å². The van der Waals surface area contributed by atoms with E-state index in [1.54, 1.807) is 13.2 Å². The summed E-state index contributed by atoms with van der Waals surface area (Å²) in [6, 6.07) is 9.24. The van der Waals surface area contributed by atoms with E-state index in [0.29, 0.717) is 16.6 Å². The average Bonchev–Trinajstić information content (AvgIpc) is 2.38. The van der Waals surface area contributed by atoms with Crippen LogP contribution in [0.3, 0.4) is 0 Å². The largest absolute Gasteiger partial charge is 0.497 e. The standard InChI is InChI=1S/C12H11ClN2O2/c1-16-9-5-3-4-8(6-9)11-7-10(13)12(17-2)15-14-11/h3-7H,1-2H3. The fourth-order valence-electron chi connectivity index (χ4n) is 1.42. The molecule has 0 aliphatic rings. The Hall–Kier alpha value is -1.81. The molecule has 1 aromatic heterocycles. The van der Waals surface area contributed by atoms with Crippen molar-refractivity contribution >= 4 is 11.6 Å². The minimum Gasteiger partial charge on any atom is -0.497 e. The highest BCUT2D eigenvalue weighted by Crippen LogP contribution is 2.27. The highest BCUT2D eigenvalue weighted by molar-refractivity contribution is 6.32. The maximum Gasteiger partial charge on any atom is 0.252 e. The van der Waals surface area contributed by atoms with Crippen molar-refractivity contribution in [3.8, 4) is 22.9 Å². The third kappa shape index (κ3) is 2.47. The number of aromatic nitrogens is 2. The lowest BCUT2D eigenvalue weighted by Gasteiger charge is -2.05. The van der Waals surface area contributed by atoms with Gasteiger partial charge in [-0.1, -0.05) is 23.7 Å². The van der Waals surface area contributed by atoms with Crippen LogP contribution >= 0.6 is 11.6 Å². The Balaban J connectivity index is 2.42. The Morgan fingerprint density at radius 3 is 2.53 bits per heavy atom. The van der Waals surface area contributed by atoms with Crippen molar-refractivity contribution in [3.63, 3.8) is 0 Å². The van der Waals surface area contributed by atoms with E-state index < -0.39 is 0 Å². The molecule has 88 valence electrons. The van der Waals surface area contributed by atoms with Crippen LogP contribution in [0.5, 0.6) is 11.6 Å². The van der Waals surface area contributed by atoms with Crippen LogP contribution in [0.4, 0.5) is 0 Å². The van der Waals surface area contributed by atoms with Gasteiger partial charge in [0.1, 0.15) is 10.8 Å².